The molecule has 0 heterocycles. The second-order valence-corrected chi connectivity index (χ2v) is 6.23. The van der Waals surface area contributed by atoms with Crippen LogP contribution in [0.3, 0.4) is 0 Å². The van der Waals surface area contributed by atoms with Gasteiger partial charge in [0.2, 0.25) is 0 Å². The highest BCUT2D eigenvalue weighted by Crippen LogP contribution is 2.09. The van der Waals surface area contributed by atoms with E-state index in [9.17, 15) is 13.2 Å². The van der Waals surface area contributed by atoms with Crippen molar-refractivity contribution in [1.29, 1.82) is 0 Å². The van der Waals surface area contributed by atoms with E-state index in [0.29, 0.717) is 6.42 Å². The summed E-state index contributed by atoms with van der Waals surface area (Å²) >= 11 is 0. The van der Waals surface area contributed by atoms with Gasteiger partial charge in [0.15, 0.2) is 15.3 Å². The highest BCUT2D eigenvalue weighted by Gasteiger charge is 2.24. The van der Waals surface area contributed by atoms with E-state index in [0.717, 1.165) is 12.8 Å². The Morgan fingerprint density at radius 1 is 1.38 bits per heavy atom. The molecule has 0 amide bonds. The standard InChI is InChI=1S/C11H20O4S/c1-5-6-7-8-16(13,14)10(4)15-11(12)9(2)3/h10H,2,5-8H2,1,3-4H3. The number of unbranched alkanes of at least 4 members (excludes halogenated alkanes) is 2. The molecule has 1 atom stereocenters. The van der Waals surface area contributed by atoms with E-state index in [1.165, 1.54) is 13.8 Å². The minimum absolute atomic E-state index is 0.0610. The van der Waals surface area contributed by atoms with Gasteiger partial charge >= 0.3 is 5.97 Å². The van der Waals surface area contributed by atoms with E-state index in [4.69, 9.17) is 4.74 Å². The number of hydrogen-bond acceptors (Lipinski definition) is 4. The SMILES string of the molecule is C=C(C)C(=O)OC(C)S(=O)(=O)CCCCC. The molecular formula is C11H20O4S. The lowest BCUT2D eigenvalue weighted by Crippen LogP contribution is -2.27. The second-order valence-electron chi connectivity index (χ2n) is 3.83. The predicted molar refractivity (Wildman–Crippen MR) is 63.7 cm³/mol. The summed E-state index contributed by atoms with van der Waals surface area (Å²) in [6.07, 6.45) is 2.42. The molecule has 0 spiro atoms. The molecule has 0 aromatic rings. The number of esters is 1. The van der Waals surface area contributed by atoms with Crippen LogP contribution in [0.15, 0.2) is 12.2 Å². The zero-order valence-corrected chi connectivity index (χ0v) is 11.0. The zero-order valence-electron chi connectivity index (χ0n) is 10.2. The molecule has 0 saturated heterocycles. The predicted octanol–water partition coefficient (Wildman–Crippen LogP) is 2.06. The van der Waals surface area contributed by atoms with E-state index in [1.807, 2.05) is 6.92 Å². The summed E-state index contributed by atoms with van der Waals surface area (Å²) in [7, 11) is -3.35. The molecule has 0 radical (unpaired) electrons. The van der Waals surface area contributed by atoms with E-state index < -0.39 is 21.2 Å². The maximum Gasteiger partial charge on any atom is 0.334 e. The number of rotatable bonds is 7. The van der Waals surface area contributed by atoms with Gasteiger partial charge in [-0.2, -0.15) is 0 Å². The molecule has 94 valence electrons. The van der Waals surface area contributed by atoms with E-state index >= 15 is 0 Å². The number of carbonyl (C=O) groups is 1. The smallest absolute Gasteiger partial charge is 0.334 e. The lowest BCUT2D eigenvalue weighted by Gasteiger charge is -2.13. The Bertz CT molecular complexity index is 343. The van der Waals surface area contributed by atoms with Gasteiger partial charge in [0.25, 0.3) is 0 Å². The Labute approximate surface area is 97.6 Å². The van der Waals surface area contributed by atoms with Crippen LogP contribution in [0.2, 0.25) is 0 Å². The van der Waals surface area contributed by atoms with E-state index in [1.54, 1.807) is 0 Å². The molecular weight excluding hydrogens is 228 g/mol. The first-order chi connectivity index (χ1) is 7.31. The van der Waals surface area contributed by atoms with Gasteiger partial charge in [-0.3, -0.25) is 0 Å². The van der Waals surface area contributed by atoms with Gasteiger partial charge < -0.3 is 4.74 Å². The number of ether oxygens (including phenoxy) is 1. The summed E-state index contributed by atoms with van der Waals surface area (Å²) in [5.41, 5.74) is -0.885. The van der Waals surface area contributed by atoms with Crippen molar-refractivity contribution < 1.29 is 17.9 Å². The van der Waals surface area contributed by atoms with Crippen molar-refractivity contribution in [2.45, 2.75) is 45.5 Å². The molecule has 0 aliphatic rings. The minimum Gasteiger partial charge on any atom is -0.443 e. The van der Waals surface area contributed by atoms with Crippen LogP contribution in [0, 0.1) is 0 Å². The van der Waals surface area contributed by atoms with Crippen LogP contribution in [0.25, 0.3) is 0 Å². The van der Waals surface area contributed by atoms with E-state index in [-0.39, 0.29) is 11.3 Å². The van der Waals surface area contributed by atoms with Gasteiger partial charge in [0.05, 0.1) is 5.75 Å². The van der Waals surface area contributed by atoms with Crippen LogP contribution in [0.4, 0.5) is 0 Å². The fraction of sp³-hybridized carbons (Fsp3) is 0.727. The summed E-state index contributed by atoms with van der Waals surface area (Å²) in [6, 6.07) is 0. The number of hydrogen-bond donors (Lipinski definition) is 0. The quantitative estimate of drug-likeness (QED) is 0.393. The van der Waals surface area contributed by atoms with Gasteiger partial charge in [-0.05, 0) is 20.3 Å². The van der Waals surface area contributed by atoms with Crippen LogP contribution in [-0.4, -0.2) is 25.6 Å². The molecule has 0 saturated carbocycles. The molecule has 4 nitrogen and oxygen atoms in total. The summed E-state index contributed by atoms with van der Waals surface area (Å²) in [6.45, 7) is 8.26. The summed E-state index contributed by atoms with van der Waals surface area (Å²) < 4.78 is 28.1. The molecule has 0 aliphatic carbocycles. The zero-order chi connectivity index (χ0) is 12.8. The fourth-order valence-electron chi connectivity index (χ4n) is 1.04. The van der Waals surface area contributed by atoms with Crippen molar-refractivity contribution in [2.24, 2.45) is 0 Å². The van der Waals surface area contributed by atoms with Gasteiger partial charge in [-0.1, -0.05) is 26.3 Å². The Kier molecular flexibility index (Phi) is 6.33. The topological polar surface area (TPSA) is 60.4 Å². The normalized spacial score (nSPS) is 13.2. The molecule has 0 rings (SSSR count). The lowest BCUT2D eigenvalue weighted by atomic mass is 10.3. The fourth-order valence-corrected chi connectivity index (χ4v) is 2.22. The molecule has 0 N–H and O–H groups in total. The lowest BCUT2D eigenvalue weighted by molar-refractivity contribution is -0.140. The average molecular weight is 248 g/mol. The first-order valence-corrected chi connectivity index (χ1v) is 7.11. The average Bonchev–Trinajstić information content (AvgIpc) is 2.17. The third-order valence-corrected chi connectivity index (χ3v) is 4.12. The van der Waals surface area contributed by atoms with Crippen LogP contribution in [0.5, 0.6) is 0 Å². The van der Waals surface area contributed by atoms with Crippen molar-refractivity contribution in [2.75, 3.05) is 5.75 Å². The Balaban J connectivity index is 4.30. The van der Waals surface area contributed by atoms with Crippen LogP contribution < -0.4 is 0 Å². The van der Waals surface area contributed by atoms with Crippen LogP contribution >= 0.6 is 0 Å². The highest BCUT2D eigenvalue weighted by molar-refractivity contribution is 7.91. The summed E-state index contributed by atoms with van der Waals surface area (Å²) in [5, 5.41) is 0. The monoisotopic (exact) mass is 248 g/mol. The highest BCUT2D eigenvalue weighted by atomic mass is 32.2. The summed E-state index contributed by atoms with van der Waals surface area (Å²) in [5.74, 6) is -0.600. The maximum atomic E-state index is 11.7. The molecule has 1 unspecified atom stereocenters. The first-order valence-electron chi connectivity index (χ1n) is 5.39. The molecule has 0 aromatic carbocycles. The Morgan fingerprint density at radius 3 is 2.38 bits per heavy atom. The van der Waals surface area contributed by atoms with Crippen molar-refractivity contribution in [3.05, 3.63) is 12.2 Å². The molecule has 0 bridgehead atoms. The van der Waals surface area contributed by atoms with Crippen molar-refractivity contribution in [3.63, 3.8) is 0 Å². The largest absolute Gasteiger partial charge is 0.443 e. The third-order valence-electron chi connectivity index (χ3n) is 2.16. The van der Waals surface area contributed by atoms with Crippen molar-refractivity contribution in [1.82, 2.24) is 0 Å². The number of carbonyl (C=O) groups excluding carboxylic acids is 1. The van der Waals surface area contributed by atoms with Gasteiger partial charge in [0, 0.05) is 5.57 Å². The number of sulfone groups is 1. The van der Waals surface area contributed by atoms with Gasteiger partial charge in [-0.15, -0.1) is 0 Å². The first kappa shape index (κ1) is 15.2. The molecule has 16 heavy (non-hydrogen) atoms. The molecule has 5 heteroatoms. The second kappa shape index (κ2) is 6.68. The van der Waals surface area contributed by atoms with E-state index in [2.05, 4.69) is 6.58 Å². The maximum absolute atomic E-state index is 11.7. The van der Waals surface area contributed by atoms with Gasteiger partial charge in [0.1, 0.15) is 0 Å². The van der Waals surface area contributed by atoms with Crippen LogP contribution in [-0.2, 0) is 19.4 Å². The molecule has 0 fully saturated rings. The van der Waals surface area contributed by atoms with Crippen LogP contribution in [0.1, 0.15) is 40.0 Å². The minimum atomic E-state index is -3.35. The Morgan fingerprint density at radius 2 is 1.94 bits per heavy atom. The molecule has 0 aliphatic heterocycles. The third kappa shape index (κ3) is 5.30. The van der Waals surface area contributed by atoms with Crippen molar-refractivity contribution >= 4 is 15.8 Å². The Hall–Kier alpha value is -0.840. The molecule has 0 aromatic heterocycles. The van der Waals surface area contributed by atoms with Crippen molar-refractivity contribution in [3.8, 4) is 0 Å². The summed E-state index contributed by atoms with van der Waals surface area (Å²) in [4.78, 5) is 11.1. The van der Waals surface area contributed by atoms with Gasteiger partial charge in [-0.25, -0.2) is 13.2 Å².